The van der Waals surface area contributed by atoms with Gasteiger partial charge in [-0.3, -0.25) is 14.5 Å². The van der Waals surface area contributed by atoms with Crippen molar-refractivity contribution in [2.24, 2.45) is 5.73 Å². The molecule has 1 amide bonds. The molecule has 6 nitrogen and oxygen atoms in total. The van der Waals surface area contributed by atoms with Crippen LogP contribution in [0.15, 0.2) is 83.9 Å². The molecule has 0 fully saturated rings. The Balaban J connectivity index is 1.88. The summed E-state index contributed by atoms with van der Waals surface area (Å²) in [5.74, 6) is -0.336. The van der Waals surface area contributed by atoms with Gasteiger partial charge in [0.15, 0.2) is 5.78 Å². The van der Waals surface area contributed by atoms with Crippen LogP contribution in [-0.4, -0.2) is 18.2 Å². The van der Waals surface area contributed by atoms with E-state index in [0.29, 0.717) is 52.5 Å². The molecule has 2 heterocycles. The molecular formula is C26H21ClN4O2. The molecule has 2 aromatic rings. The zero-order chi connectivity index (χ0) is 23.3. The lowest BCUT2D eigenvalue weighted by atomic mass is 9.64. The molecule has 5 rings (SSSR count). The molecule has 0 saturated heterocycles. The predicted molar refractivity (Wildman–Crippen MR) is 127 cm³/mol. The van der Waals surface area contributed by atoms with E-state index < -0.39 is 5.41 Å². The van der Waals surface area contributed by atoms with Crippen molar-refractivity contribution < 1.29 is 9.59 Å². The number of carbonyl (C=O) groups excluding carboxylic acids is 2. The van der Waals surface area contributed by atoms with Crippen molar-refractivity contribution in [3.8, 4) is 6.07 Å². The van der Waals surface area contributed by atoms with E-state index in [2.05, 4.69) is 12.6 Å². The van der Waals surface area contributed by atoms with Gasteiger partial charge in [0.25, 0.3) is 0 Å². The predicted octanol–water partition coefficient (Wildman–Crippen LogP) is 4.33. The fourth-order valence-electron chi connectivity index (χ4n) is 5.32. The van der Waals surface area contributed by atoms with Gasteiger partial charge in [-0.15, -0.1) is 6.58 Å². The quantitative estimate of drug-likeness (QED) is 0.694. The van der Waals surface area contributed by atoms with Gasteiger partial charge in [0, 0.05) is 46.2 Å². The highest BCUT2D eigenvalue weighted by Gasteiger charge is 2.62. The summed E-state index contributed by atoms with van der Waals surface area (Å²) < 4.78 is 0. The number of benzene rings is 2. The molecule has 33 heavy (non-hydrogen) atoms. The summed E-state index contributed by atoms with van der Waals surface area (Å²) in [5.41, 5.74) is 8.12. The zero-order valence-electron chi connectivity index (χ0n) is 17.8. The molecule has 0 saturated carbocycles. The van der Waals surface area contributed by atoms with Crippen molar-refractivity contribution in [1.82, 2.24) is 0 Å². The summed E-state index contributed by atoms with van der Waals surface area (Å²) >= 11 is 6.08. The van der Waals surface area contributed by atoms with E-state index >= 15 is 0 Å². The van der Waals surface area contributed by atoms with Gasteiger partial charge in [0.05, 0.1) is 5.57 Å². The van der Waals surface area contributed by atoms with E-state index in [-0.39, 0.29) is 29.6 Å². The Kier molecular flexibility index (Phi) is 4.88. The van der Waals surface area contributed by atoms with Gasteiger partial charge < -0.3 is 10.6 Å². The molecule has 0 radical (unpaired) electrons. The number of halogens is 1. The van der Waals surface area contributed by atoms with Crippen LogP contribution in [0.2, 0.25) is 5.02 Å². The maximum Gasteiger partial charge on any atom is 0.248 e. The normalized spacial score (nSPS) is 21.9. The van der Waals surface area contributed by atoms with Crippen molar-refractivity contribution in [2.45, 2.75) is 24.7 Å². The SMILES string of the molecule is C=CCN1C(=O)[C@]2(C(C#N)=C(N)N(c3ccc(Cl)cc3)C3=C2C(=O)CCC3)c2ccccc21. The first-order valence-corrected chi connectivity index (χ1v) is 11.1. The monoisotopic (exact) mass is 456 g/mol. The van der Waals surface area contributed by atoms with Gasteiger partial charge >= 0.3 is 0 Å². The third-order valence-electron chi connectivity index (χ3n) is 6.57. The van der Waals surface area contributed by atoms with E-state index in [1.165, 1.54) is 0 Å². The lowest BCUT2D eigenvalue weighted by Gasteiger charge is -2.43. The number of nitrogens with two attached hydrogens (primary N) is 1. The average Bonchev–Trinajstić information content (AvgIpc) is 3.05. The largest absolute Gasteiger partial charge is 0.384 e. The maximum absolute atomic E-state index is 14.1. The number of Topliss-reactive ketones (excluding diaryl/α,β-unsaturated/α-hetero) is 1. The summed E-state index contributed by atoms with van der Waals surface area (Å²) in [4.78, 5) is 31.0. The van der Waals surface area contributed by atoms with E-state index in [1.807, 2.05) is 24.3 Å². The number of hydrogen-bond acceptors (Lipinski definition) is 5. The Labute approximate surface area is 196 Å². The molecule has 7 heteroatoms. The second-order valence-electron chi connectivity index (χ2n) is 8.25. The minimum Gasteiger partial charge on any atom is -0.384 e. The van der Waals surface area contributed by atoms with Crippen LogP contribution in [0.3, 0.4) is 0 Å². The van der Waals surface area contributed by atoms with Crippen molar-refractivity contribution in [2.75, 3.05) is 16.3 Å². The standard InChI is InChI=1S/C26H21ClN4O2/c1-2-14-30-20-7-4-3-6-18(20)26(25(30)33)19(15-28)24(29)31(17-12-10-16(27)11-13-17)21-8-5-9-22(32)23(21)26/h2-4,6-7,10-13H,1,5,8-9,14,29H2/t26-/m0/s1. The van der Waals surface area contributed by atoms with Crippen molar-refractivity contribution >= 4 is 34.7 Å². The highest BCUT2D eigenvalue weighted by molar-refractivity contribution is 6.30. The Morgan fingerprint density at radius 1 is 1.15 bits per heavy atom. The molecule has 2 N–H and O–H groups in total. The molecule has 164 valence electrons. The fourth-order valence-corrected chi connectivity index (χ4v) is 5.45. The van der Waals surface area contributed by atoms with Crippen molar-refractivity contribution in [3.63, 3.8) is 0 Å². The van der Waals surface area contributed by atoms with Crippen molar-refractivity contribution in [3.05, 3.63) is 94.4 Å². The Morgan fingerprint density at radius 3 is 2.58 bits per heavy atom. The summed E-state index contributed by atoms with van der Waals surface area (Å²) in [6.45, 7) is 4.04. The smallest absolute Gasteiger partial charge is 0.248 e. The van der Waals surface area contributed by atoms with E-state index in [0.717, 1.165) is 0 Å². The van der Waals surface area contributed by atoms with Crippen LogP contribution in [0.4, 0.5) is 11.4 Å². The zero-order valence-corrected chi connectivity index (χ0v) is 18.6. The first-order chi connectivity index (χ1) is 16.0. The number of carbonyl (C=O) groups is 2. The lowest BCUT2D eigenvalue weighted by molar-refractivity contribution is -0.124. The first-order valence-electron chi connectivity index (χ1n) is 10.7. The first kappa shape index (κ1) is 21.0. The van der Waals surface area contributed by atoms with Crippen LogP contribution >= 0.6 is 11.6 Å². The molecule has 0 aromatic heterocycles. The van der Waals surface area contributed by atoms with E-state index in [4.69, 9.17) is 17.3 Å². The Bertz CT molecular complexity index is 1320. The fraction of sp³-hybridized carbons (Fsp3) is 0.192. The number of anilines is 2. The number of ketones is 1. The van der Waals surface area contributed by atoms with Crippen LogP contribution in [-0.2, 0) is 15.0 Å². The summed E-state index contributed by atoms with van der Waals surface area (Å²) in [5, 5.41) is 10.9. The summed E-state index contributed by atoms with van der Waals surface area (Å²) in [6, 6.07) is 16.5. The molecule has 1 aliphatic carbocycles. The molecule has 3 aliphatic rings. The minimum absolute atomic E-state index is 0.0652. The van der Waals surface area contributed by atoms with Gasteiger partial charge in [0.1, 0.15) is 17.3 Å². The molecule has 2 aliphatic heterocycles. The van der Waals surface area contributed by atoms with E-state index in [9.17, 15) is 14.9 Å². The van der Waals surface area contributed by atoms with Crippen LogP contribution in [0.25, 0.3) is 0 Å². The number of nitriles is 1. The second kappa shape index (κ2) is 7.65. The Morgan fingerprint density at radius 2 is 1.88 bits per heavy atom. The number of fused-ring (bicyclic) bond motifs is 3. The number of hydrogen-bond donors (Lipinski definition) is 1. The molecule has 0 unspecified atom stereocenters. The molecule has 0 bridgehead atoms. The maximum atomic E-state index is 14.1. The average molecular weight is 457 g/mol. The van der Waals surface area contributed by atoms with Gasteiger partial charge in [-0.05, 0) is 43.2 Å². The number of para-hydroxylation sites is 1. The third-order valence-corrected chi connectivity index (χ3v) is 6.83. The van der Waals surface area contributed by atoms with Crippen LogP contribution < -0.4 is 15.5 Å². The number of nitrogens with zero attached hydrogens (tertiary/aromatic N) is 3. The molecule has 1 atom stereocenters. The van der Waals surface area contributed by atoms with Gasteiger partial charge in [-0.1, -0.05) is 35.9 Å². The third kappa shape index (κ3) is 2.73. The minimum atomic E-state index is -1.56. The lowest BCUT2D eigenvalue weighted by Crippen LogP contribution is -2.52. The van der Waals surface area contributed by atoms with E-state index in [1.54, 1.807) is 40.1 Å². The molecule has 2 aromatic carbocycles. The molecule has 1 spiro atoms. The molecular weight excluding hydrogens is 436 g/mol. The second-order valence-corrected chi connectivity index (χ2v) is 8.69. The van der Waals surface area contributed by atoms with Gasteiger partial charge in [0.2, 0.25) is 5.91 Å². The Hall–Kier alpha value is -3.82. The summed E-state index contributed by atoms with van der Waals surface area (Å²) in [6.07, 6.45) is 3.14. The topological polar surface area (TPSA) is 90.4 Å². The number of amides is 1. The summed E-state index contributed by atoms with van der Waals surface area (Å²) in [7, 11) is 0. The van der Waals surface area contributed by atoms with Crippen LogP contribution in [0, 0.1) is 11.3 Å². The van der Waals surface area contributed by atoms with Gasteiger partial charge in [-0.25, -0.2) is 0 Å². The number of allylic oxidation sites excluding steroid dienone is 1. The van der Waals surface area contributed by atoms with Crippen molar-refractivity contribution in [1.29, 1.82) is 5.26 Å². The number of rotatable bonds is 3. The van der Waals surface area contributed by atoms with Crippen LogP contribution in [0.1, 0.15) is 24.8 Å². The van der Waals surface area contributed by atoms with Crippen LogP contribution in [0.5, 0.6) is 0 Å². The van der Waals surface area contributed by atoms with Gasteiger partial charge in [-0.2, -0.15) is 5.26 Å². The highest BCUT2D eigenvalue weighted by atomic mass is 35.5. The highest BCUT2D eigenvalue weighted by Crippen LogP contribution is 2.56.